The first kappa shape index (κ1) is 19.9. The van der Waals surface area contributed by atoms with E-state index < -0.39 is 0 Å². The normalized spacial score (nSPS) is 13.4. The minimum Gasteiger partial charge on any atom is -0.356 e. The zero-order chi connectivity index (χ0) is 19.8. The molecule has 4 heterocycles. The van der Waals surface area contributed by atoms with Crippen LogP contribution in [-0.4, -0.2) is 31.0 Å². The van der Waals surface area contributed by atoms with Crippen molar-refractivity contribution >= 4 is 17.1 Å². The Labute approximate surface area is 168 Å². The molecule has 1 fully saturated rings. The van der Waals surface area contributed by atoms with E-state index >= 15 is 0 Å². The lowest BCUT2D eigenvalue weighted by atomic mass is 10.0. The van der Waals surface area contributed by atoms with E-state index in [9.17, 15) is 0 Å². The fourth-order valence-corrected chi connectivity index (χ4v) is 3.40. The van der Waals surface area contributed by atoms with Crippen molar-refractivity contribution in [1.29, 1.82) is 0 Å². The fraction of sp³-hybridized carbons (Fsp3) is 0.409. The van der Waals surface area contributed by atoms with Crippen LogP contribution in [0.3, 0.4) is 0 Å². The molecule has 0 radical (unpaired) electrons. The second-order valence-corrected chi connectivity index (χ2v) is 6.62. The number of fused-ring (bicyclic) bond motifs is 2. The van der Waals surface area contributed by atoms with Crippen molar-refractivity contribution in [2.75, 3.05) is 12.4 Å². The van der Waals surface area contributed by atoms with Gasteiger partial charge in [-0.1, -0.05) is 52.4 Å². The molecule has 1 saturated carbocycles. The Hall–Kier alpha value is -2.89. The third kappa shape index (κ3) is 4.50. The summed E-state index contributed by atoms with van der Waals surface area (Å²) in [6, 6.07) is 6.10. The lowest BCUT2D eigenvalue weighted by molar-refractivity contribution is 0.504. The quantitative estimate of drug-likeness (QED) is 0.485. The fourth-order valence-electron chi connectivity index (χ4n) is 3.40. The topological polar surface area (TPSA) is 59.5 Å². The van der Waals surface area contributed by atoms with Gasteiger partial charge in [-0.3, -0.25) is 0 Å². The minimum atomic E-state index is 0. The van der Waals surface area contributed by atoms with Crippen LogP contribution in [0.1, 0.15) is 53.8 Å². The molecule has 150 valence electrons. The van der Waals surface area contributed by atoms with Crippen molar-refractivity contribution < 1.29 is 1.43 Å². The summed E-state index contributed by atoms with van der Waals surface area (Å²) in [5.74, 6) is 0.602. The highest BCUT2D eigenvalue weighted by Crippen LogP contribution is 2.25. The first-order valence-corrected chi connectivity index (χ1v) is 10.3. The summed E-state index contributed by atoms with van der Waals surface area (Å²) in [5, 5.41) is 7.30. The van der Waals surface area contributed by atoms with Gasteiger partial charge in [-0.15, -0.1) is 5.10 Å². The first-order valence-electron chi connectivity index (χ1n) is 10.3. The standard InChI is InChI=1S/C14H12N6.C6H12.C2H6.H2/c1-15-14-17-8-12-11(4-6-20(12)18-14)10-2-3-13-16-5-7-19(13)9-10;1-2-4-6-5-3-1;1-2;/h2-9H,1H3,(H,15,18);1-6H2;1-2H3;1H. The lowest BCUT2D eigenvalue weighted by Crippen LogP contribution is -2.00. The Balaban J connectivity index is 0.000000285. The van der Waals surface area contributed by atoms with E-state index in [-0.39, 0.29) is 1.43 Å². The molecule has 4 aromatic heterocycles. The second-order valence-electron chi connectivity index (χ2n) is 6.62. The monoisotopic (exact) mass is 380 g/mol. The zero-order valence-corrected chi connectivity index (χ0v) is 17.1. The van der Waals surface area contributed by atoms with Crippen LogP contribution in [0.15, 0.2) is 49.2 Å². The van der Waals surface area contributed by atoms with Crippen molar-refractivity contribution in [2.45, 2.75) is 52.4 Å². The Bertz CT molecular complexity index is 991. The van der Waals surface area contributed by atoms with Gasteiger partial charge >= 0.3 is 0 Å². The Morgan fingerprint density at radius 2 is 1.64 bits per heavy atom. The molecule has 0 amide bonds. The summed E-state index contributed by atoms with van der Waals surface area (Å²) in [4.78, 5) is 8.52. The smallest absolute Gasteiger partial charge is 0.240 e. The maximum Gasteiger partial charge on any atom is 0.240 e. The third-order valence-electron chi connectivity index (χ3n) is 4.84. The highest BCUT2D eigenvalue weighted by Gasteiger charge is 2.08. The Kier molecular flexibility index (Phi) is 7.00. The predicted molar refractivity (Wildman–Crippen MR) is 118 cm³/mol. The molecule has 0 aromatic carbocycles. The summed E-state index contributed by atoms with van der Waals surface area (Å²) >= 11 is 0. The van der Waals surface area contributed by atoms with Gasteiger partial charge in [0.05, 0.1) is 11.7 Å². The number of hydrogen-bond donors (Lipinski definition) is 1. The molecule has 4 aromatic rings. The number of hydrogen-bond acceptors (Lipinski definition) is 4. The summed E-state index contributed by atoms with van der Waals surface area (Å²) in [6.45, 7) is 4.00. The van der Waals surface area contributed by atoms with Gasteiger partial charge in [0, 0.05) is 44.4 Å². The third-order valence-corrected chi connectivity index (χ3v) is 4.84. The molecule has 5 rings (SSSR count). The lowest BCUT2D eigenvalue weighted by Gasteiger charge is -2.05. The van der Waals surface area contributed by atoms with E-state index in [0.717, 1.165) is 22.3 Å². The van der Waals surface area contributed by atoms with Crippen LogP contribution in [0.4, 0.5) is 5.95 Å². The van der Waals surface area contributed by atoms with Gasteiger partial charge in [0.15, 0.2) is 0 Å². The molecule has 6 nitrogen and oxygen atoms in total. The van der Waals surface area contributed by atoms with Gasteiger partial charge in [-0.05, 0) is 18.2 Å². The highest BCUT2D eigenvalue weighted by atomic mass is 15.3. The number of imidazole rings is 1. The zero-order valence-electron chi connectivity index (χ0n) is 17.1. The molecule has 0 unspecified atom stereocenters. The van der Waals surface area contributed by atoms with Crippen molar-refractivity contribution in [3.8, 4) is 11.1 Å². The Morgan fingerprint density at radius 1 is 0.929 bits per heavy atom. The van der Waals surface area contributed by atoms with E-state index in [1.54, 1.807) is 13.2 Å². The Morgan fingerprint density at radius 3 is 2.32 bits per heavy atom. The molecule has 1 aliphatic carbocycles. The van der Waals surface area contributed by atoms with Crippen LogP contribution >= 0.6 is 0 Å². The van der Waals surface area contributed by atoms with Gasteiger partial charge in [0.1, 0.15) is 5.65 Å². The van der Waals surface area contributed by atoms with E-state index in [1.165, 1.54) is 38.5 Å². The van der Waals surface area contributed by atoms with Gasteiger partial charge < -0.3 is 9.72 Å². The first-order chi connectivity index (χ1) is 13.8. The SMILES string of the molecule is C1CCCCC1.CC.CNc1ncc2c(-c3ccc4nccn4c3)ccn2n1.[HH]. The molecule has 1 aliphatic rings. The number of aromatic nitrogens is 5. The van der Waals surface area contributed by atoms with Crippen LogP contribution < -0.4 is 5.32 Å². The van der Waals surface area contributed by atoms with Crippen LogP contribution in [0.5, 0.6) is 0 Å². The minimum absolute atomic E-state index is 0. The molecule has 28 heavy (non-hydrogen) atoms. The van der Waals surface area contributed by atoms with E-state index in [2.05, 4.69) is 32.6 Å². The molecule has 0 aliphatic heterocycles. The number of rotatable bonds is 2. The molecule has 0 saturated heterocycles. The molecule has 1 N–H and O–H groups in total. The van der Waals surface area contributed by atoms with E-state index in [0.29, 0.717) is 5.95 Å². The predicted octanol–water partition coefficient (Wildman–Crippen LogP) is 5.70. The largest absolute Gasteiger partial charge is 0.356 e. The highest BCUT2D eigenvalue weighted by molar-refractivity contribution is 5.80. The number of nitrogens with zero attached hydrogens (tertiary/aromatic N) is 5. The van der Waals surface area contributed by atoms with Crippen molar-refractivity contribution in [3.63, 3.8) is 0 Å². The number of nitrogens with one attached hydrogen (secondary N) is 1. The average molecular weight is 381 g/mol. The maximum atomic E-state index is 4.37. The molecule has 6 heteroatoms. The summed E-state index contributed by atoms with van der Waals surface area (Å²) in [6.07, 6.45) is 18.5. The van der Waals surface area contributed by atoms with Crippen LogP contribution in [0, 0.1) is 0 Å². The van der Waals surface area contributed by atoms with Gasteiger partial charge in [-0.25, -0.2) is 14.5 Å². The second kappa shape index (κ2) is 9.88. The number of anilines is 1. The maximum absolute atomic E-state index is 4.37. The summed E-state index contributed by atoms with van der Waals surface area (Å²) < 4.78 is 3.83. The molecular formula is C22H32N6. The van der Waals surface area contributed by atoms with E-state index in [4.69, 9.17) is 0 Å². The molecule has 0 bridgehead atoms. The van der Waals surface area contributed by atoms with Gasteiger partial charge in [-0.2, -0.15) is 0 Å². The molecule has 0 spiro atoms. The van der Waals surface area contributed by atoms with Crippen molar-refractivity contribution in [2.24, 2.45) is 0 Å². The van der Waals surface area contributed by atoms with Crippen LogP contribution in [-0.2, 0) is 0 Å². The molecular weight excluding hydrogens is 348 g/mol. The number of pyridine rings is 1. The average Bonchev–Trinajstić information content (AvgIpc) is 3.42. The molecule has 0 atom stereocenters. The van der Waals surface area contributed by atoms with Crippen molar-refractivity contribution in [3.05, 3.63) is 49.2 Å². The van der Waals surface area contributed by atoms with Gasteiger partial charge in [0.25, 0.3) is 0 Å². The van der Waals surface area contributed by atoms with Crippen LogP contribution in [0.25, 0.3) is 22.3 Å². The van der Waals surface area contributed by atoms with E-state index in [1.807, 2.05) is 53.5 Å². The van der Waals surface area contributed by atoms with Gasteiger partial charge in [0.2, 0.25) is 5.95 Å². The van der Waals surface area contributed by atoms with Crippen molar-refractivity contribution in [1.82, 2.24) is 24.0 Å². The van der Waals surface area contributed by atoms with Crippen LogP contribution in [0.2, 0.25) is 0 Å². The summed E-state index contributed by atoms with van der Waals surface area (Å²) in [7, 11) is 1.80. The summed E-state index contributed by atoms with van der Waals surface area (Å²) in [5.41, 5.74) is 4.12.